The zero-order valence-electron chi connectivity index (χ0n) is 12.3. The molecule has 0 amide bonds. The summed E-state index contributed by atoms with van der Waals surface area (Å²) in [5.74, 6) is 0. The van der Waals surface area contributed by atoms with E-state index >= 15 is 0 Å². The van der Waals surface area contributed by atoms with Crippen molar-refractivity contribution in [1.82, 2.24) is 4.31 Å². The molecule has 6 heteroatoms. The lowest BCUT2D eigenvalue weighted by Gasteiger charge is -2.38. The van der Waals surface area contributed by atoms with Gasteiger partial charge in [0.05, 0.1) is 0 Å². The van der Waals surface area contributed by atoms with Crippen LogP contribution in [0, 0.1) is 5.41 Å². The Bertz CT molecular complexity index is 578. The fraction of sp³-hybridized carbons (Fsp3) is 0.733. The standard InChI is InChI=1S/C15H23NO3S2/c17-12-5-13-3-4-14(20-13)21(18,19)16-10-8-15(9-11-16)6-1-2-7-15/h3-4,17H,1-2,5-12H2. The van der Waals surface area contributed by atoms with Gasteiger partial charge in [0.25, 0.3) is 10.0 Å². The molecule has 1 aromatic rings. The van der Waals surface area contributed by atoms with E-state index in [4.69, 9.17) is 5.11 Å². The lowest BCUT2D eigenvalue weighted by Crippen LogP contribution is -2.41. The van der Waals surface area contributed by atoms with Crippen LogP contribution in [0.2, 0.25) is 0 Å². The van der Waals surface area contributed by atoms with E-state index in [1.54, 1.807) is 10.4 Å². The summed E-state index contributed by atoms with van der Waals surface area (Å²) in [5.41, 5.74) is 0.434. The van der Waals surface area contributed by atoms with E-state index in [1.807, 2.05) is 6.07 Å². The molecule has 4 nitrogen and oxygen atoms in total. The van der Waals surface area contributed by atoms with Crippen LogP contribution < -0.4 is 0 Å². The Morgan fingerprint density at radius 3 is 2.43 bits per heavy atom. The topological polar surface area (TPSA) is 57.6 Å². The molecule has 0 unspecified atom stereocenters. The van der Waals surface area contributed by atoms with Gasteiger partial charge in [-0.05, 0) is 43.2 Å². The van der Waals surface area contributed by atoms with E-state index in [0.717, 1.165) is 17.7 Å². The zero-order valence-corrected chi connectivity index (χ0v) is 13.9. The first-order valence-corrected chi connectivity index (χ1v) is 10.0. The van der Waals surface area contributed by atoms with Crippen LogP contribution in [0.1, 0.15) is 43.4 Å². The maximum atomic E-state index is 12.7. The Hall–Kier alpha value is -0.430. The van der Waals surface area contributed by atoms with Crippen molar-refractivity contribution in [3.63, 3.8) is 0 Å². The second-order valence-electron chi connectivity index (χ2n) is 6.31. The van der Waals surface area contributed by atoms with Crippen LogP contribution in [0.3, 0.4) is 0 Å². The van der Waals surface area contributed by atoms with Crippen molar-refractivity contribution < 1.29 is 13.5 Å². The van der Waals surface area contributed by atoms with Crippen molar-refractivity contribution in [2.75, 3.05) is 19.7 Å². The number of sulfonamides is 1. The molecule has 21 heavy (non-hydrogen) atoms. The number of nitrogens with zero attached hydrogens (tertiary/aromatic N) is 1. The van der Waals surface area contributed by atoms with Crippen LogP contribution in [0.5, 0.6) is 0 Å². The number of rotatable bonds is 4. The number of aliphatic hydroxyl groups excluding tert-OH is 1. The van der Waals surface area contributed by atoms with Crippen molar-refractivity contribution in [1.29, 1.82) is 0 Å². The second kappa shape index (κ2) is 5.99. The molecule has 1 aliphatic heterocycles. The molecule has 1 aromatic heterocycles. The number of hydrogen-bond acceptors (Lipinski definition) is 4. The van der Waals surface area contributed by atoms with Gasteiger partial charge in [-0.2, -0.15) is 4.31 Å². The fourth-order valence-corrected chi connectivity index (χ4v) is 6.63. The van der Waals surface area contributed by atoms with E-state index < -0.39 is 10.0 Å². The SMILES string of the molecule is O=S(=O)(c1ccc(CCO)s1)N1CCC2(CCCC2)CC1. The molecule has 0 bridgehead atoms. The van der Waals surface area contributed by atoms with Crippen LogP contribution >= 0.6 is 11.3 Å². The highest BCUT2D eigenvalue weighted by molar-refractivity contribution is 7.91. The Morgan fingerprint density at radius 1 is 1.14 bits per heavy atom. The van der Waals surface area contributed by atoms with Gasteiger partial charge in [0.2, 0.25) is 0 Å². The van der Waals surface area contributed by atoms with Gasteiger partial charge in [-0.15, -0.1) is 11.3 Å². The molecule has 0 radical (unpaired) electrons. The third-order valence-electron chi connectivity index (χ3n) is 5.04. The van der Waals surface area contributed by atoms with Crippen molar-refractivity contribution in [2.45, 2.75) is 49.2 Å². The van der Waals surface area contributed by atoms with Gasteiger partial charge in [0.15, 0.2) is 0 Å². The molecule has 1 spiro atoms. The monoisotopic (exact) mass is 329 g/mol. The maximum Gasteiger partial charge on any atom is 0.252 e. The summed E-state index contributed by atoms with van der Waals surface area (Å²) in [7, 11) is -3.34. The van der Waals surface area contributed by atoms with E-state index in [2.05, 4.69) is 0 Å². The summed E-state index contributed by atoms with van der Waals surface area (Å²) in [4.78, 5) is 0.931. The molecule has 0 aromatic carbocycles. The van der Waals surface area contributed by atoms with E-state index in [9.17, 15) is 8.42 Å². The van der Waals surface area contributed by atoms with Gasteiger partial charge >= 0.3 is 0 Å². The van der Waals surface area contributed by atoms with Crippen molar-refractivity contribution >= 4 is 21.4 Å². The summed E-state index contributed by atoms with van der Waals surface area (Å²) < 4.78 is 27.4. The smallest absolute Gasteiger partial charge is 0.252 e. The quantitative estimate of drug-likeness (QED) is 0.924. The Kier molecular flexibility index (Phi) is 4.41. The molecular formula is C15H23NO3S2. The van der Waals surface area contributed by atoms with E-state index in [1.165, 1.54) is 37.0 Å². The highest BCUT2D eigenvalue weighted by Gasteiger charge is 2.40. The van der Waals surface area contributed by atoms with E-state index in [0.29, 0.717) is 29.1 Å². The number of thiophene rings is 1. The van der Waals surface area contributed by atoms with Gasteiger partial charge < -0.3 is 5.11 Å². The van der Waals surface area contributed by atoms with Crippen LogP contribution in [0.25, 0.3) is 0 Å². The number of aliphatic hydroxyl groups is 1. The summed E-state index contributed by atoms with van der Waals surface area (Å²) in [6, 6.07) is 3.50. The number of piperidine rings is 1. The Morgan fingerprint density at radius 2 is 1.81 bits per heavy atom. The van der Waals surface area contributed by atoms with Gasteiger partial charge in [0, 0.05) is 31.0 Å². The largest absolute Gasteiger partial charge is 0.396 e. The molecule has 2 heterocycles. The molecule has 2 fully saturated rings. The van der Waals surface area contributed by atoms with Crippen molar-refractivity contribution in [3.05, 3.63) is 17.0 Å². The third-order valence-corrected chi connectivity index (χ3v) is 8.55. The van der Waals surface area contributed by atoms with Gasteiger partial charge in [-0.25, -0.2) is 8.42 Å². The molecule has 3 rings (SSSR count). The lowest BCUT2D eigenvalue weighted by molar-refractivity contribution is 0.160. The summed E-state index contributed by atoms with van der Waals surface area (Å²) in [6.45, 7) is 1.39. The predicted molar refractivity (Wildman–Crippen MR) is 84.0 cm³/mol. The highest BCUT2D eigenvalue weighted by atomic mass is 32.2. The summed E-state index contributed by atoms with van der Waals surface area (Å²) in [6.07, 6.45) is 7.73. The van der Waals surface area contributed by atoms with Crippen molar-refractivity contribution in [3.8, 4) is 0 Å². The van der Waals surface area contributed by atoms with Crippen LogP contribution in [0.4, 0.5) is 0 Å². The fourth-order valence-electron chi connectivity index (χ4n) is 3.69. The van der Waals surface area contributed by atoms with Gasteiger partial charge in [-0.3, -0.25) is 0 Å². The van der Waals surface area contributed by atoms with Crippen LogP contribution in [-0.4, -0.2) is 37.5 Å². The molecule has 1 aliphatic carbocycles. The first-order chi connectivity index (χ1) is 10.1. The second-order valence-corrected chi connectivity index (χ2v) is 9.64. The molecule has 2 aliphatic rings. The van der Waals surface area contributed by atoms with Crippen LogP contribution in [-0.2, 0) is 16.4 Å². The average Bonchev–Trinajstić information content (AvgIpc) is 3.10. The molecule has 1 saturated carbocycles. The molecular weight excluding hydrogens is 306 g/mol. The first-order valence-electron chi connectivity index (χ1n) is 7.76. The Balaban J connectivity index is 1.70. The van der Waals surface area contributed by atoms with Crippen molar-refractivity contribution in [2.24, 2.45) is 5.41 Å². The third kappa shape index (κ3) is 3.04. The maximum absolute atomic E-state index is 12.7. The van der Waals surface area contributed by atoms with Gasteiger partial charge in [0.1, 0.15) is 4.21 Å². The Labute approximate surface area is 130 Å². The predicted octanol–water partition coefficient (Wildman–Crippen LogP) is 2.63. The minimum absolute atomic E-state index is 0.0617. The average molecular weight is 329 g/mol. The molecule has 118 valence electrons. The minimum Gasteiger partial charge on any atom is -0.396 e. The van der Waals surface area contributed by atoms with E-state index in [-0.39, 0.29) is 6.61 Å². The molecule has 0 atom stereocenters. The minimum atomic E-state index is -3.34. The molecule has 1 N–H and O–H groups in total. The molecule has 1 saturated heterocycles. The number of hydrogen-bond donors (Lipinski definition) is 1. The van der Waals surface area contributed by atoms with Crippen LogP contribution in [0.15, 0.2) is 16.3 Å². The van der Waals surface area contributed by atoms with Gasteiger partial charge in [-0.1, -0.05) is 12.8 Å². The lowest BCUT2D eigenvalue weighted by atomic mass is 9.78. The summed E-state index contributed by atoms with van der Waals surface area (Å²) >= 11 is 1.29. The first kappa shape index (κ1) is 15.5. The summed E-state index contributed by atoms with van der Waals surface area (Å²) in [5, 5.41) is 8.95. The normalized spacial score (nSPS) is 22.9. The highest BCUT2D eigenvalue weighted by Crippen LogP contribution is 2.46. The zero-order chi connectivity index (χ0) is 14.9.